The quantitative estimate of drug-likeness (QED) is 0.741. The lowest BCUT2D eigenvalue weighted by atomic mass is 10.1. The van der Waals surface area contributed by atoms with E-state index in [0.29, 0.717) is 0 Å². The van der Waals surface area contributed by atoms with Crippen molar-refractivity contribution in [2.45, 2.75) is 52.2 Å². The predicted molar refractivity (Wildman–Crippen MR) is 59.2 cm³/mol. The van der Waals surface area contributed by atoms with Gasteiger partial charge in [-0.2, -0.15) is 0 Å². The Bertz CT molecular complexity index is 255. The number of hydrogen-bond acceptors (Lipinski definition) is 1. The van der Waals surface area contributed by atoms with E-state index < -0.39 is 0 Å². The van der Waals surface area contributed by atoms with Crippen molar-refractivity contribution in [3.05, 3.63) is 24.0 Å². The van der Waals surface area contributed by atoms with Crippen molar-refractivity contribution >= 4 is 0 Å². The summed E-state index contributed by atoms with van der Waals surface area (Å²) in [7, 11) is 0. The molecule has 1 unspecified atom stereocenters. The molecule has 0 aliphatic rings. The molecular weight excluding hydrogens is 174 g/mol. The lowest BCUT2D eigenvalue weighted by Gasteiger charge is -2.06. The Kier molecular flexibility index (Phi) is 4.74. The van der Waals surface area contributed by atoms with Crippen LogP contribution in [-0.2, 0) is 6.54 Å². The Balaban J connectivity index is 2.49. The van der Waals surface area contributed by atoms with E-state index in [1.165, 1.54) is 12.8 Å². The van der Waals surface area contributed by atoms with Crippen molar-refractivity contribution < 1.29 is 5.11 Å². The molecule has 0 spiro atoms. The predicted octanol–water partition coefficient (Wildman–Crippen LogP) is 3.12. The summed E-state index contributed by atoms with van der Waals surface area (Å²) < 4.78 is 2.16. The van der Waals surface area contributed by atoms with Crippen molar-refractivity contribution in [2.75, 3.05) is 0 Å². The largest absolute Gasteiger partial charge is 0.388 e. The number of aromatic nitrogens is 1. The third-order valence-corrected chi connectivity index (χ3v) is 2.49. The van der Waals surface area contributed by atoms with Crippen molar-refractivity contribution in [3.63, 3.8) is 0 Å². The first-order valence-electron chi connectivity index (χ1n) is 5.61. The van der Waals surface area contributed by atoms with Gasteiger partial charge in [0.2, 0.25) is 0 Å². The van der Waals surface area contributed by atoms with Crippen LogP contribution in [0.2, 0.25) is 0 Å². The lowest BCUT2D eigenvalue weighted by Crippen LogP contribution is -1.96. The summed E-state index contributed by atoms with van der Waals surface area (Å²) in [4.78, 5) is 0. The van der Waals surface area contributed by atoms with Gasteiger partial charge in [-0.3, -0.25) is 0 Å². The Morgan fingerprint density at radius 1 is 1.36 bits per heavy atom. The lowest BCUT2D eigenvalue weighted by molar-refractivity contribution is 0.166. The molecule has 0 aliphatic heterocycles. The average Bonchev–Trinajstić information content (AvgIpc) is 2.63. The normalized spacial score (nSPS) is 13.1. The van der Waals surface area contributed by atoms with Crippen LogP contribution in [0.3, 0.4) is 0 Å². The fourth-order valence-corrected chi connectivity index (χ4v) is 1.58. The molecule has 0 amide bonds. The molecule has 0 aromatic carbocycles. The second-order valence-corrected chi connectivity index (χ2v) is 3.84. The molecule has 0 radical (unpaired) electrons. The van der Waals surface area contributed by atoms with Gasteiger partial charge in [0.15, 0.2) is 0 Å². The summed E-state index contributed by atoms with van der Waals surface area (Å²) in [5, 5.41) is 9.75. The first kappa shape index (κ1) is 11.3. The molecule has 0 saturated heterocycles. The van der Waals surface area contributed by atoms with Crippen molar-refractivity contribution in [1.29, 1.82) is 0 Å². The Hall–Kier alpha value is -0.760. The zero-order valence-electron chi connectivity index (χ0n) is 9.24. The Labute approximate surface area is 86.6 Å². The average molecular weight is 195 g/mol. The second-order valence-electron chi connectivity index (χ2n) is 3.84. The van der Waals surface area contributed by atoms with Gasteiger partial charge in [-0.25, -0.2) is 0 Å². The fourth-order valence-electron chi connectivity index (χ4n) is 1.58. The molecule has 1 aromatic heterocycles. The van der Waals surface area contributed by atoms with Crippen LogP contribution in [0, 0.1) is 0 Å². The van der Waals surface area contributed by atoms with Gasteiger partial charge >= 0.3 is 0 Å². The topological polar surface area (TPSA) is 25.2 Å². The highest BCUT2D eigenvalue weighted by molar-refractivity contribution is 5.13. The van der Waals surface area contributed by atoms with Gasteiger partial charge in [-0.05, 0) is 24.5 Å². The van der Waals surface area contributed by atoms with E-state index in [4.69, 9.17) is 0 Å². The molecule has 1 atom stereocenters. The maximum Gasteiger partial charge on any atom is 0.0804 e. The van der Waals surface area contributed by atoms with Crippen LogP contribution in [-0.4, -0.2) is 9.67 Å². The Morgan fingerprint density at radius 2 is 2.14 bits per heavy atom. The van der Waals surface area contributed by atoms with Crippen LogP contribution in [0.1, 0.15) is 51.2 Å². The smallest absolute Gasteiger partial charge is 0.0804 e. The summed E-state index contributed by atoms with van der Waals surface area (Å²) in [6.07, 6.45) is 8.16. The summed E-state index contributed by atoms with van der Waals surface area (Å²) in [5.41, 5.74) is 1.06. The van der Waals surface area contributed by atoms with E-state index in [-0.39, 0.29) is 6.10 Å². The van der Waals surface area contributed by atoms with E-state index in [1.807, 2.05) is 6.07 Å². The maximum absolute atomic E-state index is 9.75. The summed E-state index contributed by atoms with van der Waals surface area (Å²) >= 11 is 0. The SMILES string of the molecule is CCCCn1ccc(C(O)CCC)c1. The molecule has 14 heavy (non-hydrogen) atoms. The number of aliphatic hydroxyl groups is 1. The van der Waals surface area contributed by atoms with E-state index in [0.717, 1.165) is 24.9 Å². The zero-order chi connectivity index (χ0) is 10.4. The highest BCUT2D eigenvalue weighted by Gasteiger charge is 2.07. The minimum absolute atomic E-state index is 0.275. The van der Waals surface area contributed by atoms with Gasteiger partial charge in [0.25, 0.3) is 0 Å². The van der Waals surface area contributed by atoms with Gasteiger partial charge in [0.05, 0.1) is 6.10 Å². The number of aliphatic hydroxyl groups excluding tert-OH is 1. The monoisotopic (exact) mass is 195 g/mol. The minimum Gasteiger partial charge on any atom is -0.388 e. The number of aryl methyl sites for hydroxylation is 1. The van der Waals surface area contributed by atoms with Gasteiger partial charge in [-0.15, -0.1) is 0 Å². The summed E-state index contributed by atoms with van der Waals surface area (Å²) in [5.74, 6) is 0. The highest BCUT2D eigenvalue weighted by atomic mass is 16.3. The molecule has 1 N–H and O–H groups in total. The molecular formula is C12H21NO. The molecule has 1 rings (SSSR count). The number of unbranched alkanes of at least 4 members (excludes halogenated alkanes) is 1. The molecule has 0 saturated carbocycles. The maximum atomic E-state index is 9.75. The molecule has 0 fully saturated rings. The minimum atomic E-state index is -0.275. The second kappa shape index (κ2) is 5.86. The third kappa shape index (κ3) is 3.18. The van der Waals surface area contributed by atoms with E-state index in [1.54, 1.807) is 0 Å². The highest BCUT2D eigenvalue weighted by Crippen LogP contribution is 2.18. The first-order valence-corrected chi connectivity index (χ1v) is 5.61. The van der Waals surface area contributed by atoms with E-state index in [2.05, 4.69) is 30.8 Å². The standard InChI is InChI=1S/C12H21NO/c1-3-5-8-13-9-7-11(10-13)12(14)6-4-2/h7,9-10,12,14H,3-6,8H2,1-2H3. The van der Waals surface area contributed by atoms with E-state index >= 15 is 0 Å². The van der Waals surface area contributed by atoms with Crippen LogP contribution in [0.25, 0.3) is 0 Å². The molecule has 0 bridgehead atoms. The molecule has 80 valence electrons. The molecule has 2 nitrogen and oxygen atoms in total. The molecule has 1 aromatic rings. The van der Waals surface area contributed by atoms with Crippen molar-refractivity contribution in [2.24, 2.45) is 0 Å². The van der Waals surface area contributed by atoms with Gasteiger partial charge in [0, 0.05) is 18.9 Å². The van der Waals surface area contributed by atoms with Crippen LogP contribution >= 0.6 is 0 Å². The fraction of sp³-hybridized carbons (Fsp3) is 0.667. The zero-order valence-corrected chi connectivity index (χ0v) is 9.24. The van der Waals surface area contributed by atoms with Gasteiger partial charge in [0.1, 0.15) is 0 Å². The third-order valence-electron chi connectivity index (χ3n) is 2.49. The first-order chi connectivity index (χ1) is 6.77. The van der Waals surface area contributed by atoms with Crippen molar-refractivity contribution in [3.8, 4) is 0 Å². The van der Waals surface area contributed by atoms with Crippen LogP contribution in [0.5, 0.6) is 0 Å². The van der Waals surface area contributed by atoms with Crippen LogP contribution in [0.4, 0.5) is 0 Å². The molecule has 0 aliphatic carbocycles. The summed E-state index contributed by atoms with van der Waals surface area (Å²) in [6, 6.07) is 2.02. The van der Waals surface area contributed by atoms with Crippen molar-refractivity contribution in [1.82, 2.24) is 4.57 Å². The number of nitrogens with zero attached hydrogens (tertiary/aromatic N) is 1. The number of hydrogen-bond donors (Lipinski definition) is 1. The van der Waals surface area contributed by atoms with Crippen LogP contribution < -0.4 is 0 Å². The summed E-state index contributed by atoms with van der Waals surface area (Å²) in [6.45, 7) is 5.35. The molecule has 1 heterocycles. The molecule has 2 heteroatoms. The number of rotatable bonds is 6. The van der Waals surface area contributed by atoms with E-state index in [9.17, 15) is 5.11 Å². The van der Waals surface area contributed by atoms with Crippen LogP contribution in [0.15, 0.2) is 18.5 Å². The van der Waals surface area contributed by atoms with Gasteiger partial charge in [-0.1, -0.05) is 26.7 Å². The Morgan fingerprint density at radius 3 is 2.79 bits per heavy atom. The van der Waals surface area contributed by atoms with Gasteiger partial charge < -0.3 is 9.67 Å².